The van der Waals surface area contributed by atoms with E-state index in [1.165, 1.54) is 18.5 Å². The Morgan fingerprint density at radius 2 is 1.86 bits per heavy atom. The number of ether oxygens (including phenoxy) is 1. The van der Waals surface area contributed by atoms with Crippen molar-refractivity contribution >= 4 is 23.2 Å². The number of hydrogen-bond donors (Lipinski definition) is 1. The van der Waals surface area contributed by atoms with Crippen LogP contribution in [0.15, 0.2) is 54.9 Å². The molecule has 1 amide bonds. The van der Waals surface area contributed by atoms with E-state index in [0.717, 1.165) is 50.1 Å². The van der Waals surface area contributed by atoms with Gasteiger partial charge in [0.05, 0.1) is 25.4 Å². The van der Waals surface area contributed by atoms with Crippen LogP contribution in [-0.2, 0) is 27.3 Å². The van der Waals surface area contributed by atoms with Gasteiger partial charge in [0.25, 0.3) is 0 Å². The van der Waals surface area contributed by atoms with Crippen molar-refractivity contribution < 1.29 is 14.3 Å². The van der Waals surface area contributed by atoms with Crippen molar-refractivity contribution in [2.75, 3.05) is 31.6 Å². The maximum atomic E-state index is 12.8. The molecule has 0 radical (unpaired) electrons. The molecule has 184 valence electrons. The van der Waals surface area contributed by atoms with E-state index in [2.05, 4.69) is 37.9 Å². The van der Waals surface area contributed by atoms with Gasteiger partial charge in [-0.15, -0.1) is 0 Å². The minimum atomic E-state index is -0.436. The van der Waals surface area contributed by atoms with Gasteiger partial charge in [0, 0.05) is 44.1 Å². The normalized spacial score (nSPS) is 18.8. The Kier molecular flexibility index (Phi) is 6.99. The Hall–Kier alpha value is -3.39. The maximum absolute atomic E-state index is 12.8. The molecule has 35 heavy (non-hydrogen) atoms. The number of amides is 1. The first-order valence-electron chi connectivity index (χ1n) is 12.5. The lowest BCUT2D eigenvalue weighted by molar-refractivity contribution is -0.150. The number of benzene rings is 1. The van der Waals surface area contributed by atoms with Gasteiger partial charge in [-0.25, -0.2) is 9.78 Å². The number of aromatic nitrogens is 2. The number of piperidine rings is 1. The molecule has 2 saturated heterocycles. The van der Waals surface area contributed by atoms with Gasteiger partial charge in [0.2, 0.25) is 5.91 Å². The average Bonchev–Trinajstić information content (AvgIpc) is 3.55. The van der Waals surface area contributed by atoms with Crippen LogP contribution in [0.1, 0.15) is 36.9 Å². The van der Waals surface area contributed by atoms with Gasteiger partial charge in [-0.1, -0.05) is 18.2 Å². The molecule has 3 aromatic rings. The van der Waals surface area contributed by atoms with Crippen LogP contribution in [-0.4, -0.2) is 65.0 Å². The molecule has 8 nitrogen and oxygen atoms in total. The summed E-state index contributed by atoms with van der Waals surface area (Å²) >= 11 is 0. The van der Waals surface area contributed by atoms with E-state index in [1.54, 1.807) is 4.90 Å². The number of anilines is 1. The van der Waals surface area contributed by atoms with Gasteiger partial charge in [-0.05, 0) is 55.5 Å². The molecule has 0 saturated carbocycles. The predicted octanol–water partition coefficient (Wildman–Crippen LogP) is 2.80. The molecule has 1 aromatic carbocycles. The smallest absolute Gasteiger partial charge is 0.328 e. The van der Waals surface area contributed by atoms with E-state index < -0.39 is 6.04 Å². The minimum absolute atomic E-state index is 0.0106. The average molecular weight is 476 g/mol. The second-order valence-corrected chi connectivity index (χ2v) is 9.43. The number of nitrogens with zero attached hydrogens (tertiary/aromatic N) is 4. The molecule has 1 N–H and O–H groups in total. The molecular formula is C27H33N5O3. The lowest BCUT2D eigenvalue weighted by atomic mass is 10.0. The van der Waals surface area contributed by atoms with E-state index in [-0.39, 0.29) is 11.9 Å². The number of hydrogen-bond acceptors (Lipinski definition) is 6. The number of esters is 1. The highest BCUT2D eigenvalue weighted by atomic mass is 16.5. The van der Waals surface area contributed by atoms with Crippen LogP contribution < -0.4 is 10.2 Å². The van der Waals surface area contributed by atoms with E-state index in [4.69, 9.17) is 4.74 Å². The molecule has 5 rings (SSSR count). The third-order valence-corrected chi connectivity index (χ3v) is 7.26. The quantitative estimate of drug-likeness (QED) is 0.530. The van der Waals surface area contributed by atoms with Crippen LogP contribution in [0.4, 0.5) is 5.69 Å². The van der Waals surface area contributed by atoms with E-state index in [0.29, 0.717) is 25.4 Å². The Balaban J connectivity index is 1.10. The zero-order valence-electron chi connectivity index (χ0n) is 20.2. The summed E-state index contributed by atoms with van der Waals surface area (Å²) in [7, 11) is 1.38. The standard InChI is InChI=1S/C27H33N5O3/c1-35-27(34)24-5-4-14-32(24)26(33)17-20-7-9-22(10-8-20)30-15-11-21(12-16-30)28-18-23-19-29-25-6-2-3-13-31(23)25/h2-3,6-10,13,19,21,24,28H,4-5,11-12,14-18H2,1H3/t24-/m0/s1. The topological polar surface area (TPSA) is 79.2 Å². The van der Waals surface area contributed by atoms with E-state index in [9.17, 15) is 9.59 Å². The van der Waals surface area contributed by atoms with Crippen molar-refractivity contribution in [2.45, 2.75) is 50.7 Å². The predicted molar refractivity (Wildman–Crippen MR) is 134 cm³/mol. The molecule has 0 aliphatic carbocycles. The SMILES string of the molecule is COC(=O)[C@@H]1CCCN1C(=O)Cc1ccc(N2CCC(NCc3cnc4ccccn34)CC2)cc1. The summed E-state index contributed by atoms with van der Waals surface area (Å²) in [5, 5.41) is 3.70. The lowest BCUT2D eigenvalue weighted by Gasteiger charge is -2.34. The largest absolute Gasteiger partial charge is 0.467 e. The van der Waals surface area contributed by atoms with Gasteiger partial charge < -0.3 is 24.3 Å². The van der Waals surface area contributed by atoms with Crippen LogP contribution in [0.3, 0.4) is 0 Å². The summed E-state index contributed by atoms with van der Waals surface area (Å²) < 4.78 is 6.99. The Morgan fingerprint density at radius 1 is 1.06 bits per heavy atom. The van der Waals surface area contributed by atoms with Crippen molar-refractivity contribution in [1.29, 1.82) is 0 Å². The zero-order chi connectivity index (χ0) is 24.2. The zero-order valence-corrected chi connectivity index (χ0v) is 20.2. The van der Waals surface area contributed by atoms with Crippen LogP contribution in [0.5, 0.6) is 0 Å². The molecule has 2 aromatic heterocycles. The summed E-state index contributed by atoms with van der Waals surface area (Å²) in [4.78, 5) is 33.3. The number of rotatable bonds is 7. The van der Waals surface area contributed by atoms with E-state index in [1.807, 2.05) is 36.5 Å². The molecule has 4 heterocycles. The molecule has 2 aliphatic rings. The first-order valence-corrected chi connectivity index (χ1v) is 12.5. The highest BCUT2D eigenvalue weighted by Crippen LogP contribution is 2.23. The van der Waals surface area contributed by atoms with Crippen LogP contribution in [0, 0.1) is 0 Å². The van der Waals surface area contributed by atoms with Crippen molar-refractivity contribution in [3.63, 3.8) is 0 Å². The summed E-state index contributed by atoms with van der Waals surface area (Å²) in [6.07, 6.45) is 8.01. The van der Waals surface area contributed by atoms with Crippen LogP contribution in [0.2, 0.25) is 0 Å². The van der Waals surface area contributed by atoms with Crippen molar-refractivity contribution in [3.05, 3.63) is 66.1 Å². The number of pyridine rings is 1. The van der Waals surface area contributed by atoms with Crippen molar-refractivity contribution in [2.24, 2.45) is 0 Å². The summed E-state index contributed by atoms with van der Waals surface area (Å²) in [5.74, 6) is -0.328. The van der Waals surface area contributed by atoms with Crippen LogP contribution >= 0.6 is 0 Å². The molecule has 1 atom stereocenters. The number of carbonyl (C=O) groups excluding carboxylic acids is 2. The fourth-order valence-corrected chi connectivity index (χ4v) is 5.25. The highest BCUT2D eigenvalue weighted by molar-refractivity contribution is 5.86. The monoisotopic (exact) mass is 475 g/mol. The summed E-state index contributed by atoms with van der Waals surface area (Å²) in [6, 6.07) is 14.4. The number of nitrogens with one attached hydrogen (secondary N) is 1. The molecule has 2 fully saturated rings. The van der Waals surface area contributed by atoms with Gasteiger partial charge in [0.15, 0.2) is 0 Å². The minimum Gasteiger partial charge on any atom is -0.467 e. The molecule has 0 bridgehead atoms. The van der Waals surface area contributed by atoms with Gasteiger partial charge in [0.1, 0.15) is 11.7 Å². The molecule has 0 spiro atoms. The van der Waals surface area contributed by atoms with Gasteiger partial charge >= 0.3 is 5.97 Å². The Labute approximate surface area is 205 Å². The first-order chi connectivity index (χ1) is 17.1. The second-order valence-electron chi connectivity index (χ2n) is 9.43. The van der Waals surface area contributed by atoms with E-state index >= 15 is 0 Å². The molecule has 0 unspecified atom stereocenters. The number of fused-ring (bicyclic) bond motifs is 1. The summed E-state index contributed by atoms with van der Waals surface area (Å²) in [5.41, 5.74) is 4.32. The molecule has 8 heteroatoms. The van der Waals surface area contributed by atoms with Crippen molar-refractivity contribution in [1.82, 2.24) is 19.6 Å². The van der Waals surface area contributed by atoms with Gasteiger partial charge in [-0.2, -0.15) is 0 Å². The van der Waals surface area contributed by atoms with Crippen molar-refractivity contribution in [3.8, 4) is 0 Å². The third-order valence-electron chi connectivity index (χ3n) is 7.26. The summed E-state index contributed by atoms with van der Waals surface area (Å²) in [6.45, 7) is 3.43. The highest BCUT2D eigenvalue weighted by Gasteiger charge is 2.34. The number of carbonyl (C=O) groups is 2. The Bertz CT molecular complexity index is 1170. The first kappa shape index (κ1) is 23.4. The third kappa shape index (κ3) is 5.17. The second kappa shape index (κ2) is 10.5. The lowest BCUT2D eigenvalue weighted by Crippen LogP contribution is -2.42. The van der Waals surface area contributed by atoms with Crippen LogP contribution in [0.25, 0.3) is 5.65 Å². The fourth-order valence-electron chi connectivity index (χ4n) is 5.25. The number of imidazole rings is 1. The maximum Gasteiger partial charge on any atom is 0.328 e. The number of methoxy groups -OCH3 is 1. The molecule has 2 aliphatic heterocycles. The van der Waals surface area contributed by atoms with Gasteiger partial charge in [-0.3, -0.25) is 4.79 Å². The fraction of sp³-hybridized carbons (Fsp3) is 0.444. The Morgan fingerprint density at radius 3 is 2.63 bits per heavy atom. The molecular weight excluding hydrogens is 442 g/mol. The number of likely N-dealkylation sites (tertiary alicyclic amines) is 1.